The van der Waals surface area contributed by atoms with Crippen molar-refractivity contribution in [2.45, 2.75) is 9.92 Å². The maximum absolute atomic E-state index is 12.7. The Labute approximate surface area is 84.4 Å². The first kappa shape index (κ1) is 9.08. The summed E-state index contributed by atoms with van der Waals surface area (Å²) < 4.78 is 12.7. The summed E-state index contributed by atoms with van der Waals surface area (Å²) >= 11 is 1.37. The highest BCUT2D eigenvalue weighted by Crippen LogP contribution is 2.24. The molecule has 0 bridgehead atoms. The fraction of sp³-hybridized carbons (Fsp3) is 0. The number of nitrogens with zero attached hydrogens (tertiary/aromatic N) is 3. The van der Waals surface area contributed by atoms with Crippen LogP contribution in [-0.2, 0) is 0 Å². The predicted octanol–water partition coefficient (Wildman–Crippen LogP) is 2.16. The first-order valence-electron chi connectivity index (χ1n) is 3.90. The van der Waals surface area contributed by atoms with Gasteiger partial charge in [0.1, 0.15) is 11.4 Å². The standard InChI is InChI=1S/C9H6FN3S/c10-8-5-9(13-6-12-8)14-7-1-3-11-4-2-7/h1-6H. The third kappa shape index (κ3) is 2.26. The number of halogens is 1. The third-order valence-corrected chi connectivity index (χ3v) is 2.42. The third-order valence-electron chi connectivity index (χ3n) is 1.48. The number of rotatable bonds is 2. The smallest absolute Gasteiger partial charge is 0.217 e. The van der Waals surface area contributed by atoms with Gasteiger partial charge in [-0.15, -0.1) is 0 Å². The Morgan fingerprint density at radius 2 is 1.93 bits per heavy atom. The lowest BCUT2D eigenvalue weighted by molar-refractivity contribution is 0.572. The molecule has 0 spiro atoms. The van der Waals surface area contributed by atoms with E-state index >= 15 is 0 Å². The van der Waals surface area contributed by atoms with E-state index in [1.807, 2.05) is 12.1 Å². The van der Waals surface area contributed by atoms with Crippen molar-refractivity contribution in [1.29, 1.82) is 0 Å². The van der Waals surface area contributed by atoms with Gasteiger partial charge in [0.2, 0.25) is 5.95 Å². The maximum Gasteiger partial charge on any atom is 0.217 e. The molecule has 14 heavy (non-hydrogen) atoms. The number of pyridine rings is 1. The molecule has 0 N–H and O–H groups in total. The highest BCUT2D eigenvalue weighted by molar-refractivity contribution is 7.99. The number of aromatic nitrogens is 3. The molecule has 70 valence electrons. The van der Waals surface area contributed by atoms with Crippen molar-refractivity contribution in [3.05, 3.63) is 42.9 Å². The summed E-state index contributed by atoms with van der Waals surface area (Å²) in [5.41, 5.74) is 0. The second kappa shape index (κ2) is 4.15. The van der Waals surface area contributed by atoms with E-state index in [-0.39, 0.29) is 0 Å². The topological polar surface area (TPSA) is 38.7 Å². The first-order valence-corrected chi connectivity index (χ1v) is 4.72. The van der Waals surface area contributed by atoms with E-state index in [9.17, 15) is 4.39 Å². The van der Waals surface area contributed by atoms with Crippen LogP contribution in [0.25, 0.3) is 0 Å². The molecule has 0 radical (unpaired) electrons. The average Bonchev–Trinajstić information content (AvgIpc) is 2.19. The molecule has 0 atom stereocenters. The molecular formula is C9H6FN3S. The Balaban J connectivity index is 2.19. The van der Waals surface area contributed by atoms with Crippen LogP contribution in [0.15, 0.2) is 46.8 Å². The maximum atomic E-state index is 12.7. The number of hydrogen-bond acceptors (Lipinski definition) is 4. The van der Waals surface area contributed by atoms with Crippen molar-refractivity contribution >= 4 is 11.8 Å². The Bertz CT molecular complexity index is 421. The van der Waals surface area contributed by atoms with Crippen LogP contribution in [0.5, 0.6) is 0 Å². The fourth-order valence-electron chi connectivity index (χ4n) is 0.900. The zero-order chi connectivity index (χ0) is 9.80. The van der Waals surface area contributed by atoms with Crippen LogP contribution in [0.3, 0.4) is 0 Å². The molecule has 0 aliphatic carbocycles. The van der Waals surface area contributed by atoms with Crippen molar-refractivity contribution in [3.63, 3.8) is 0 Å². The van der Waals surface area contributed by atoms with Crippen LogP contribution in [0.4, 0.5) is 4.39 Å². The minimum atomic E-state index is -0.517. The molecule has 0 aromatic carbocycles. The van der Waals surface area contributed by atoms with Gasteiger partial charge in [-0.3, -0.25) is 4.98 Å². The Hall–Kier alpha value is -1.49. The van der Waals surface area contributed by atoms with Crippen LogP contribution in [-0.4, -0.2) is 15.0 Å². The lowest BCUT2D eigenvalue weighted by Gasteiger charge is -1.98. The van der Waals surface area contributed by atoms with Crippen LogP contribution < -0.4 is 0 Å². The normalized spacial score (nSPS) is 10.1. The van der Waals surface area contributed by atoms with Crippen molar-refractivity contribution in [1.82, 2.24) is 15.0 Å². The van der Waals surface area contributed by atoms with E-state index in [4.69, 9.17) is 0 Å². The van der Waals surface area contributed by atoms with Crippen molar-refractivity contribution in [3.8, 4) is 0 Å². The van der Waals surface area contributed by atoms with Gasteiger partial charge in [0.15, 0.2) is 0 Å². The second-order valence-corrected chi connectivity index (χ2v) is 3.56. The van der Waals surface area contributed by atoms with Gasteiger partial charge in [-0.2, -0.15) is 4.39 Å². The monoisotopic (exact) mass is 207 g/mol. The molecular weight excluding hydrogens is 201 g/mol. The zero-order valence-electron chi connectivity index (χ0n) is 7.09. The van der Waals surface area contributed by atoms with Crippen LogP contribution in [0, 0.1) is 5.95 Å². The average molecular weight is 207 g/mol. The highest BCUT2D eigenvalue weighted by atomic mass is 32.2. The van der Waals surface area contributed by atoms with E-state index in [0.29, 0.717) is 5.03 Å². The molecule has 0 aliphatic heterocycles. The summed E-state index contributed by atoms with van der Waals surface area (Å²) in [7, 11) is 0. The largest absolute Gasteiger partial charge is 0.265 e. The molecule has 3 nitrogen and oxygen atoms in total. The van der Waals surface area contributed by atoms with Gasteiger partial charge < -0.3 is 0 Å². The quantitative estimate of drug-likeness (QED) is 0.707. The molecule has 2 aromatic rings. The molecule has 0 fully saturated rings. The van der Waals surface area contributed by atoms with Gasteiger partial charge in [0.25, 0.3) is 0 Å². The van der Waals surface area contributed by atoms with Crippen molar-refractivity contribution in [2.24, 2.45) is 0 Å². The molecule has 5 heteroatoms. The van der Waals surface area contributed by atoms with Gasteiger partial charge >= 0.3 is 0 Å². The summed E-state index contributed by atoms with van der Waals surface area (Å²) in [6.45, 7) is 0. The Morgan fingerprint density at radius 3 is 2.64 bits per heavy atom. The van der Waals surface area contributed by atoms with Gasteiger partial charge in [0, 0.05) is 23.4 Å². The van der Waals surface area contributed by atoms with E-state index < -0.39 is 5.95 Å². The molecule has 2 aromatic heterocycles. The van der Waals surface area contributed by atoms with Crippen molar-refractivity contribution in [2.75, 3.05) is 0 Å². The van der Waals surface area contributed by atoms with Gasteiger partial charge in [0.05, 0.1) is 0 Å². The molecule has 0 unspecified atom stereocenters. The molecule has 0 aliphatic rings. The predicted molar refractivity (Wildman–Crippen MR) is 50.4 cm³/mol. The summed E-state index contributed by atoms with van der Waals surface area (Å²) in [6, 6.07) is 4.97. The minimum Gasteiger partial charge on any atom is -0.265 e. The van der Waals surface area contributed by atoms with E-state index in [1.165, 1.54) is 24.2 Å². The van der Waals surface area contributed by atoms with Crippen LogP contribution in [0.2, 0.25) is 0 Å². The first-order chi connectivity index (χ1) is 6.84. The van der Waals surface area contributed by atoms with Crippen LogP contribution >= 0.6 is 11.8 Å². The molecule has 0 amide bonds. The van der Waals surface area contributed by atoms with E-state index in [1.54, 1.807) is 12.4 Å². The Morgan fingerprint density at radius 1 is 1.14 bits per heavy atom. The van der Waals surface area contributed by atoms with Gasteiger partial charge in [-0.25, -0.2) is 9.97 Å². The van der Waals surface area contributed by atoms with E-state index in [0.717, 1.165) is 4.90 Å². The molecule has 0 saturated carbocycles. The van der Waals surface area contributed by atoms with Crippen LogP contribution in [0.1, 0.15) is 0 Å². The summed E-state index contributed by atoms with van der Waals surface area (Å²) in [4.78, 5) is 12.2. The summed E-state index contributed by atoms with van der Waals surface area (Å²) in [6.07, 6.45) is 4.57. The highest BCUT2D eigenvalue weighted by Gasteiger charge is 1.99. The molecule has 2 rings (SSSR count). The summed E-state index contributed by atoms with van der Waals surface area (Å²) in [5, 5.41) is 0.587. The fourth-order valence-corrected chi connectivity index (χ4v) is 1.66. The molecule has 2 heterocycles. The van der Waals surface area contributed by atoms with Gasteiger partial charge in [-0.1, -0.05) is 11.8 Å². The SMILES string of the molecule is Fc1cc(Sc2ccncc2)ncn1. The minimum absolute atomic E-state index is 0.517. The lowest BCUT2D eigenvalue weighted by atomic mass is 10.5. The Kier molecular flexibility index (Phi) is 2.69. The summed E-state index contributed by atoms with van der Waals surface area (Å²) in [5.74, 6) is -0.517. The number of hydrogen-bond donors (Lipinski definition) is 0. The van der Waals surface area contributed by atoms with Crippen molar-refractivity contribution < 1.29 is 4.39 Å². The van der Waals surface area contributed by atoms with Gasteiger partial charge in [-0.05, 0) is 12.1 Å². The molecule has 0 saturated heterocycles. The lowest BCUT2D eigenvalue weighted by Crippen LogP contribution is -1.86. The zero-order valence-corrected chi connectivity index (χ0v) is 7.91. The van der Waals surface area contributed by atoms with E-state index in [2.05, 4.69) is 15.0 Å². The second-order valence-electron chi connectivity index (χ2n) is 2.46.